The molecule has 2 aromatic rings. The topological polar surface area (TPSA) is 89.3 Å². The van der Waals surface area contributed by atoms with Crippen LogP contribution in [0.5, 0.6) is 0 Å². The minimum absolute atomic E-state index is 0.0486. The highest BCUT2D eigenvalue weighted by Gasteiger charge is 2.42. The van der Waals surface area contributed by atoms with Crippen molar-refractivity contribution in [3.63, 3.8) is 0 Å². The van der Waals surface area contributed by atoms with E-state index in [1.54, 1.807) is 28.3 Å². The Bertz CT molecular complexity index is 1110. The Morgan fingerprint density at radius 2 is 1.84 bits per heavy atom. The van der Waals surface area contributed by atoms with Crippen molar-refractivity contribution in [2.24, 2.45) is 5.92 Å². The summed E-state index contributed by atoms with van der Waals surface area (Å²) >= 11 is 0. The van der Waals surface area contributed by atoms with Gasteiger partial charge >= 0.3 is 0 Å². The SMILES string of the molecule is C[C@@H]1C[C@H](C(=O)N(c2ccc(C(C)(C)C)cc2)C(C(=O)NC2CCCCC2)c2cccnc2)N(C#N)C1. The van der Waals surface area contributed by atoms with Crippen molar-refractivity contribution in [1.82, 2.24) is 15.2 Å². The predicted octanol–water partition coefficient (Wildman–Crippen LogP) is 5.09. The third kappa shape index (κ3) is 6.12. The molecule has 7 heteroatoms. The number of hydrogen-bond donors (Lipinski definition) is 1. The number of carbonyl (C=O) groups excluding carboxylic acids is 2. The predicted molar refractivity (Wildman–Crippen MR) is 145 cm³/mol. The molecule has 1 aliphatic carbocycles. The second-order valence-corrected chi connectivity index (χ2v) is 11.6. The van der Waals surface area contributed by atoms with Gasteiger partial charge in [-0.1, -0.05) is 65.2 Å². The van der Waals surface area contributed by atoms with E-state index in [0.29, 0.717) is 24.2 Å². The quantitative estimate of drug-likeness (QED) is 0.557. The van der Waals surface area contributed by atoms with Crippen molar-refractivity contribution >= 4 is 17.5 Å². The molecule has 1 aromatic carbocycles. The molecular weight excluding hydrogens is 462 g/mol. The normalized spacial score (nSPS) is 21.2. The lowest BCUT2D eigenvalue weighted by molar-refractivity contribution is -0.128. The van der Waals surface area contributed by atoms with Gasteiger partial charge in [0, 0.05) is 36.2 Å². The van der Waals surface area contributed by atoms with Crippen LogP contribution in [-0.2, 0) is 15.0 Å². The summed E-state index contributed by atoms with van der Waals surface area (Å²) in [5.74, 6) is -0.226. The zero-order valence-electron chi connectivity index (χ0n) is 22.5. The molecule has 1 saturated heterocycles. The summed E-state index contributed by atoms with van der Waals surface area (Å²) in [4.78, 5) is 35.7. The molecule has 1 unspecified atom stereocenters. The molecule has 2 amide bonds. The molecule has 1 saturated carbocycles. The maximum absolute atomic E-state index is 14.3. The summed E-state index contributed by atoms with van der Waals surface area (Å²) in [5.41, 5.74) is 2.38. The number of amides is 2. The number of hydrogen-bond acceptors (Lipinski definition) is 5. The molecule has 7 nitrogen and oxygen atoms in total. The van der Waals surface area contributed by atoms with Crippen LogP contribution in [0.2, 0.25) is 0 Å². The zero-order chi connectivity index (χ0) is 26.6. The van der Waals surface area contributed by atoms with Crippen molar-refractivity contribution in [3.05, 3.63) is 59.9 Å². The standard InChI is InChI=1S/C30H39N5O2/c1-21-17-26(34(19-21)20-31)29(37)35(25-14-12-23(13-15-25)30(2,3)4)27(22-9-8-16-32-18-22)28(36)33-24-10-6-5-7-11-24/h8-9,12-16,18,21,24,26-27H,5-7,10-11,17,19H2,1-4H3,(H,33,36)/t21-,26-,27?/m1/s1. The van der Waals surface area contributed by atoms with E-state index in [0.717, 1.165) is 31.2 Å². The lowest BCUT2D eigenvalue weighted by atomic mass is 9.87. The fraction of sp³-hybridized carbons (Fsp3) is 0.533. The fourth-order valence-corrected chi connectivity index (χ4v) is 5.56. The number of pyridine rings is 1. The molecule has 1 N–H and O–H groups in total. The van der Waals surface area contributed by atoms with Crippen molar-refractivity contribution in [3.8, 4) is 6.19 Å². The van der Waals surface area contributed by atoms with Gasteiger partial charge in [0.2, 0.25) is 5.91 Å². The molecule has 3 atom stereocenters. The van der Waals surface area contributed by atoms with Gasteiger partial charge in [0.15, 0.2) is 6.19 Å². The van der Waals surface area contributed by atoms with Gasteiger partial charge in [-0.25, -0.2) is 0 Å². The summed E-state index contributed by atoms with van der Waals surface area (Å²) in [6.07, 6.45) is 11.4. The summed E-state index contributed by atoms with van der Waals surface area (Å²) in [5, 5.41) is 13.0. The number of rotatable bonds is 6. The number of likely N-dealkylation sites (tertiary alicyclic amines) is 1. The summed E-state index contributed by atoms with van der Waals surface area (Å²) in [6.45, 7) is 9.02. The molecule has 37 heavy (non-hydrogen) atoms. The molecule has 1 aromatic heterocycles. The van der Waals surface area contributed by atoms with Crippen LogP contribution in [0.4, 0.5) is 5.69 Å². The molecule has 1 aliphatic heterocycles. The van der Waals surface area contributed by atoms with Gasteiger partial charge in [0.05, 0.1) is 0 Å². The number of nitriles is 1. The van der Waals surface area contributed by atoms with Crippen molar-refractivity contribution in [1.29, 1.82) is 5.26 Å². The van der Waals surface area contributed by atoms with Crippen LogP contribution >= 0.6 is 0 Å². The molecule has 2 aliphatic rings. The van der Waals surface area contributed by atoms with Gasteiger partial charge in [0.1, 0.15) is 12.1 Å². The highest BCUT2D eigenvalue weighted by molar-refractivity contribution is 6.04. The fourth-order valence-electron chi connectivity index (χ4n) is 5.56. The largest absolute Gasteiger partial charge is 0.351 e. The Balaban J connectivity index is 1.78. The Labute approximate surface area is 220 Å². The van der Waals surface area contributed by atoms with Crippen molar-refractivity contribution in [2.75, 3.05) is 11.4 Å². The first-order chi connectivity index (χ1) is 17.7. The van der Waals surface area contributed by atoms with Crippen LogP contribution in [0, 0.1) is 17.4 Å². The van der Waals surface area contributed by atoms with Crippen molar-refractivity contribution < 1.29 is 9.59 Å². The Kier molecular flexibility index (Phi) is 8.16. The number of carbonyl (C=O) groups is 2. The average Bonchev–Trinajstić information content (AvgIpc) is 3.28. The number of nitrogens with zero attached hydrogens (tertiary/aromatic N) is 4. The molecule has 196 valence electrons. The maximum atomic E-state index is 14.3. The first kappa shape index (κ1) is 26.7. The molecule has 0 bridgehead atoms. The minimum atomic E-state index is -0.889. The van der Waals surface area contributed by atoms with E-state index < -0.39 is 12.1 Å². The monoisotopic (exact) mass is 501 g/mol. The van der Waals surface area contributed by atoms with Gasteiger partial charge in [-0.05, 0) is 54.4 Å². The number of anilines is 1. The van der Waals surface area contributed by atoms with E-state index in [4.69, 9.17) is 0 Å². The van der Waals surface area contributed by atoms with Gasteiger partial charge in [-0.15, -0.1) is 0 Å². The van der Waals surface area contributed by atoms with Gasteiger partial charge in [0.25, 0.3) is 5.91 Å². The Morgan fingerprint density at radius 3 is 2.43 bits per heavy atom. The highest BCUT2D eigenvalue weighted by atomic mass is 16.2. The Hall–Kier alpha value is -3.40. The third-order valence-electron chi connectivity index (χ3n) is 7.63. The van der Waals surface area contributed by atoms with Crippen LogP contribution in [0.1, 0.15) is 83.4 Å². The number of nitrogens with one attached hydrogen (secondary N) is 1. The highest BCUT2D eigenvalue weighted by Crippen LogP contribution is 2.34. The summed E-state index contributed by atoms with van der Waals surface area (Å²) in [6, 6.07) is 10.1. The summed E-state index contributed by atoms with van der Waals surface area (Å²) in [7, 11) is 0. The molecule has 4 rings (SSSR count). The van der Waals surface area contributed by atoms with E-state index in [1.807, 2.05) is 30.3 Å². The molecule has 0 spiro atoms. The van der Waals surface area contributed by atoms with E-state index >= 15 is 0 Å². The van der Waals surface area contributed by atoms with E-state index in [1.165, 1.54) is 6.42 Å². The summed E-state index contributed by atoms with van der Waals surface area (Å²) < 4.78 is 0. The molecule has 2 fully saturated rings. The zero-order valence-corrected chi connectivity index (χ0v) is 22.5. The molecular formula is C30H39N5O2. The van der Waals surface area contributed by atoms with Crippen LogP contribution in [0.25, 0.3) is 0 Å². The second kappa shape index (κ2) is 11.3. The Morgan fingerprint density at radius 1 is 1.14 bits per heavy atom. The third-order valence-corrected chi connectivity index (χ3v) is 7.63. The average molecular weight is 502 g/mol. The number of aromatic nitrogens is 1. The lowest BCUT2D eigenvalue weighted by Gasteiger charge is -2.35. The molecule has 0 radical (unpaired) electrons. The first-order valence-electron chi connectivity index (χ1n) is 13.5. The van der Waals surface area contributed by atoms with Crippen LogP contribution in [0.3, 0.4) is 0 Å². The molecule has 2 heterocycles. The lowest BCUT2D eigenvalue weighted by Crippen LogP contribution is -2.51. The van der Waals surface area contributed by atoms with Crippen LogP contribution < -0.4 is 10.2 Å². The van der Waals surface area contributed by atoms with E-state index in [9.17, 15) is 14.9 Å². The van der Waals surface area contributed by atoms with E-state index in [2.05, 4.69) is 44.2 Å². The van der Waals surface area contributed by atoms with E-state index in [-0.39, 0.29) is 29.2 Å². The van der Waals surface area contributed by atoms with Gasteiger partial charge in [-0.2, -0.15) is 5.26 Å². The second-order valence-electron chi connectivity index (χ2n) is 11.6. The minimum Gasteiger partial charge on any atom is -0.351 e. The number of benzene rings is 1. The van der Waals surface area contributed by atoms with Crippen LogP contribution in [-0.4, -0.2) is 40.3 Å². The van der Waals surface area contributed by atoms with Gasteiger partial charge in [-0.3, -0.25) is 24.4 Å². The van der Waals surface area contributed by atoms with Crippen LogP contribution in [0.15, 0.2) is 48.8 Å². The smallest absolute Gasteiger partial charge is 0.251 e. The first-order valence-corrected chi connectivity index (χ1v) is 13.5. The van der Waals surface area contributed by atoms with Gasteiger partial charge < -0.3 is 5.32 Å². The van der Waals surface area contributed by atoms with Crippen molar-refractivity contribution in [2.45, 2.75) is 89.8 Å². The maximum Gasteiger partial charge on any atom is 0.251 e.